The molecule has 234 valence electrons. The van der Waals surface area contributed by atoms with Crippen molar-refractivity contribution in [3.05, 3.63) is 70.6 Å². The normalized spacial score (nSPS) is 17.4. The first-order chi connectivity index (χ1) is 20.0. The molecule has 2 heterocycles. The van der Waals surface area contributed by atoms with Gasteiger partial charge in [0.25, 0.3) is 10.0 Å². The maximum Gasteiger partial charge on any atom is 0.271 e. The Morgan fingerprint density at radius 3 is 2.40 bits per heavy atom. The Bertz CT molecular complexity index is 1620. The summed E-state index contributed by atoms with van der Waals surface area (Å²) in [6.45, 7) is 8.68. The van der Waals surface area contributed by atoms with Crippen molar-refractivity contribution in [2.24, 2.45) is 0 Å². The third-order valence-corrected chi connectivity index (χ3v) is 10.2. The first-order valence-corrected chi connectivity index (χ1v) is 15.4. The van der Waals surface area contributed by atoms with Crippen LogP contribution >= 0.6 is 11.6 Å². The molecule has 0 radical (unpaired) electrons. The lowest BCUT2D eigenvalue weighted by molar-refractivity contribution is 0.0589. The minimum atomic E-state index is -5.03. The molecule has 0 bridgehead atoms. The maximum absolute atomic E-state index is 16.0. The van der Waals surface area contributed by atoms with Crippen molar-refractivity contribution < 1.29 is 31.1 Å². The average molecular weight is 641 g/mol. The van der Waals surface area contributed by atoms with Crippen molar-refractivity contribution >= 4 is 33.1 Å². The molecule has 0 amide bonds. The maximum atomic E-state index is 16.0. The fourth-order valence-electron chi connectivity index (χ4n) is 5.34. The van der Waals surface area contributed by atoms with Crippen LogP contribution in [-0.4, -0.2) is 63.7 Å². The van der Waals surface area contributed by atoms with E-state index < -0.39 is 49.9 Å². The zero-order valence-electron chi connectivity index (χ0n) is 25.2. The Kier molecular flexibility index (Phi) is 9.16. The van der Waals surface area contributed by atoms with Crippen LogP contribution in [0.4, 0.5) is 24.7 Å². The average Bonchev–Trinajstić information content (AvgIpc) is 3.35. The second-order valence-corrected chi connectivity index (χ2v) is 13.9. The van der Waals surface area contributed by atoms with Gasteiger partial charge in [-0.2, -0.15) is 4.39 Å². The molecule has 8 nitrogen and oxygen atoms in total. The van der Waals surface area contributed by atoms with Gasteiger partial charge in [0.05, 0.1) is 26.5 Å². The quantitative estimate of drug-likeness (QED) is 0.202. The standard InChI is InChI=1S/C30H36ClF3N4O4S/c1-29(2,3)36(5)30(4)13-14-37(18-30)22-16-21(32)28(27(34)26(22)31)43(39,40)38(25-10-8-9-24(33)35-25)17-19-11-12-20(41-6)15-23(19)42-7/h8-12,15-16H,13-14,17-18H2,1-7H3/t30-/m1/s1. The van der Waals surface area contributed by atoms with E-state index in [1.165, 1.54) is 38.5 Å². The van der Waals surface area contributed by atoms with Gasteiger partial charge in [-0.3, -0.25) is 4.90 Å². The molecule has 1 atom stereocenters. The highest BCUT2D eigenvalue weighted by molar-refractivity contribution is 7.92. The van der Waals surface area contributed by atoms with Crippen LogP contribution in [0.5, 0.6) is 11.5 Å². The van der Waals surface area contributed by atoms with Crippen LogP contribution in [0.1, 0.15) is 39.7 Å². The highest BCUT2D eigenvalue weighted by Gasteiger charge is 2.43. The van der Waals surface area contributed by atoms with Gasteiger partial charge >= 0.3 is 0 Å². The van der Waals surface area contributed by atoms with E-state index in [1.54, 1.807) is 11.0 Å². The first-order valence-electron chi connectivity index (χ1n) is 13.6. The third-order valence-electron chi connectivity index (χ3n) is 8.02. The summed E-state index contributed by atoms with van der Waals surface area (Å²) in [6.07, 6.45) is 0.698. The van der Waals surface area contributed by atoms with Crippen LogP contribution in [0.3, 0.4) is 0 Å². The third kappa shape index (κ3) is 6.37. The molecule has 0 N–H and O–H groups in total. The number of anilines is 2. The molecule has 0 aliphatic carbocycles. The molecule has 43 heavy (non-hydrogen) atoms. The van der Waals surface area contributed by atoms with Crippen molar-refractivity contribution in [2.45, 2.75) is 56.6 Å². The van der Waals surface area contributed by atoms with Gasteiger partial charge < -0.3 is 14.4 Å². The predicted octanol–water partition coefficient (Wildman–Crippen LogP) is 6.26. The minimum absolute atomic E-state index is 0.0499. The number of hydrogen-bond acceptors (Lipinski definition) is 7. The fraction of sp³-hybridized carbons (Fsp3) is 0.433. The number of nitrogens with zero attached hydrogens (tertiary/aromatic N) is 4. The first kappa shape index (κ1) is 32.7. The summed E-state index contributed by atoms with van der Waals surface area (Å²) in [5, 5.41) is -0.531. The fourth-order valence-corrected chi connectivity index (χ4v) is 7.18. The Morgan fingerprint density at radius 2 is 1.79 bits per heavy atom. The number of ether oxygens (including phenoxy) is 2. The minimum Gasteiger partial charge on any atom is -0.497 e. The SMILES string of the molecule is COc1ccc(CN(c2cccc(F)n2)S(=O)(=O)c2c(F)cc(N3CC[C@@](C)(N(C)C(C)(C)C)C3)c(Cl)c2F)c(OC)c1. The van der Waals surface area contributed by atoms with Crippen LogP contribution in [0.2, 0.25) is 5.02 Å². The van der Waals surface area contributed by atoms with E-state index in [4.69, 9.17) is 21.1 Å². The van der Waals surface area contributed by atoms with E-state index in [1.807, 2.05) is 7.05 Å². The molecule has 2 aromatic carbocycles. The van der Waals surface area contributed by atoms with Crippen molar-refractivity contribution in [3.63, 3.8) is 0 Å². The van der Waals surface area contributed by atoms with Gasteiger partial charge in [0.15, 0.2) is 10.7 Å². The van der Waals surface area contributed by atoms with E-state index in [2.05, 4.69) is 37.6 Å². The summed E-state index contributed by atoms with van der Waals surface area (Å²) in [5.41, 5.74) is -0.129. The number of likely N-dealkylation sites (N-methyl/N-ethyl adjacent to an activating group) is 1. The van der Waals surface area contributed by atoms with Crippen molar-refractivity contribution in [1.82, 2.24) is 9.88 Å². The van der Waals surface area contributed by atoms with E-state index in [-0.39, 0.29) is 22.5 Å². The topological polar surface area (TPSA) is 75.2 Å². The zero-order chi connectivity index (χ0) is 31.9. The summed E-state index contributed by atoms with van der Waals surface area (Å²) in [6, 6.07) is 9.04. The molecular weight excluding hydrogens is 605 g/mol. The van der Waals surface area contributed by atoms with Crippen LogP contribution < -0.4 is 18.7 Å². The Morgan fingerprint density at radius 1 is 1.09 bits per heavy atom. The smallest absolute Gasteiger partial charge is 0.271 e. The molecule has 0 saturated carbocycles. The number of methoxy groups -OCH3 is 2. The van der Waals surface area contributed by atoms with E-state index in [9.17, 15) is 12.8 Å². The second-order valence-electron chi connectivity index (χ2n) is 11.7. The van der Waals surface area contributed by atoms with Crippen LogP contribution in [0, 0.1) is 17.6 Å². The van der Waals surface area contributed by atoms with Gasteiger partial charge in [0.1, 0.15) is 28.2 Å². The molecule has 4 rings (SSSR count). The van der Waals surface area contributed by atoms with Crippen LogP contribution in [0.15, 0.2) is 47.4 Å². The van der Waals surface area contributed by atoms with Gasteiger partial charge in [-0.1, -0.05) is 17.7 Å². The van der Waals surface area contributed by atoms with Gasteiger partial charge in [0, 0.05) is 41.9 Å². The van der Waals surface area contributed by atoms with Crippen molar-refractivity contribution in [2.75, 3.05) is 43.6 Å². The lowest BCUT2D eigenvalue weighted by atomic mass is 9.93. The number of pyridine rings is 1. The molecule has 1 saturated heterocycles. The van der Waals surface area contributed by atoms with Crippen LogP contribution in [0.25, 0.3) is 0 Å². The molecule has 1 fully saturated rings. The van der Waals surface area contributed by atoms with Crippen molar-refractivity contribution in [3.8, 4) is 11.5 Å². The Labute approximate surface area is 256 Å². The van der Waals surface area contributed by atoms with Gasteiger partial charge in [-0.25, -0.2) is 26.5 Å². The molecule has 0 unspecified atom stereocenters. The Balaban J connectivity index is 1.79. The predicted molar refractivity (Wildman–Crippen MR) is 161 cm³/mol. The van der Waals surface area contributed by atoms with Crippen LogP contribution in [-0.2, 0) is 16.6 Å². The second kappa shape index (κ2) is 12.0. The molecule has 1 aromatic heterocycles. The highest BCUT2D eigenvalue weighted by atomic mass is 35.5. The van der Waals surface area contributed by atoms with E-state index in [0.29, 0.717) is 35.1 Å². The number of aromatic nitrogens is 1. The number of rotatable bonds is 9. The molecule has 1 aliphatic rings. The summed E-state index contributed by atoms with van der Waals surface area (Å²) in [4.78, 5) is 6.38. The molecule has 0 spiro atoms. The number of halogens is 4. The summed E-state index contributed by atoms with van der Waals surface area (Å²) in [7, 11) is -0.215. The molecule has 13 heteroatoms. The van der Waals surface area contributed by atoms with Gasteiger partial charge in [-0.05, 0) is 65.4 Å². The highest BCUT2D eigenvalue weighted by Crippen LogP contribution is 2.41. The number of hydrogen-bond donors (Lipinski definition) is 0. The monoisotopic (exact) mass is 640 g/mol. The summed E-state index contributed by atoms with van der Waals surface area (Å²) >= 11 is 6.45. The zero-order valence-corrected chi connectivity index (χ0v) is 26.8. The summed E-state index contributed by atoms with van der Waals surface area (Å²) < 4.78 is 85.3. The number of benzene rings is 2. The van der Waals surface area contributed by atoms with Gasteiger partial charge in [0.2, 0.25) is 5.95 Å². The lowest BCUT2D eigenvalue weighted by Crippen LogP contribution is -2.54. The largest absolute Gasteiger partial charge is 0.497 e. The number of sulfonamides is 1. The lowest BCUT2D eigenvalue weighted by Gasteiger charge is -2.44. The Hall–Kier alpha value is -3.22. The van der Waals surface area contributed by atoms with E-state index >= 15 is 8.78 Å². The molecule has 3 aromatic rings. The summed E-state index contributed by atoms with van der Waals surface area (Å²) in [5.74, 6) is -3.48. The molecular formula is C30H36ClF3N4O4S. The van der Waals surface area contributed by atoms with Gasteiger partial charge in [-0.15, -0.1) is 0 Å². The molecule has 1 aliphatic heterocycles. The van der Waals surface area contributed by atoms with E-state index in [0.717, 1.165) is 12.1 Å². The van der Waals surface area contributed by atoms with Crippen molar-refractivity contribution in [1.29, 1.82) is 0 Å².